The van der Waals surface area contributed by atoms with Crippen LogP contribution in [0.5, 0.6) is 0 Å². The van der Waals surface area contributed by atoms with Crippen molar-refractivity contribution in [3.63, 3.8) is 0 Å². The molecule has 144 valence electrons. The minimum absolute atomic E-state index is 0.0985. The van der Waals surface area contributed by atoms with Crippen LogP contribution in [-0.2, 0) is 16.1 Å². The van der Waals surface area contributed by atoms with E-state index < -0.39 is 0 Å². The Bertz CT molecular complexity index is 696. The molecule has 26 heavy (non-hydrogen) atoms. The molecule has 0 bridgehead atoms. The van der Waals surface area contributed by atoms with Gasteiger partial charge in [-0.05, 0) is 26.7 Å². The van der Waals surface area contributed by atoms with Gasteiger partial charge in [-0.1, -0.05) is 0 Å². The minimum atomic E-state index is -0.308. The molecular formula is C18H29N5O3. The molecule has 8 heteroatoms. The third-order valence-electron chi connectivity index (χ3n) is 4.86. The summed E-state index contributed by atoms with van der Waals surface area (Å²) in [5, 5.41) is 4.08. The smallest absolute Gasteiger partial charge is 0.269 e. The van der Waals surface area contributed by atoms with Gasteiger partial charge in [0, 0.05) is 46.3 Å². The molecule has 1 saturated heterocycles. The number of piperidine rings is 1. The van der Waals surface area contributed by atoms with Gasteiger partial charge in [0.2, 0.25) is 11.8 Å². The first-order valence-corrected chi connectivity index (χ1v) is 9.18. The van der Waals surface area contributed by atoms with Crippen LogP contribution in [0.3, 0.4) is 0 Å². The molecule has 0 radical (unpaired) electrons. The molecule has 2 amide bonds. The lowest BCUT2D eigenvalue weighted by Gasteiger charge is -2.34. The summed E-state index contributed by atoms with van der Waals surface area (Å²) in [7, 11) is 3.65. The standard InChI is InChI=1S/C18H29N5O3/c1-5-21(6-2)18(26)14-8-7-9-22(12-14)17(25)13-23-16(24)10-15(11-19-23)20(3)4/h10-11,14H,5-9,12-13H2,1-4H3. The summed E-state index contributed by atoms with van der Waals surface area (Å²) in [5.41, 5.74) is 0.388. The maximum absolute atomic E-state index is 12.6. The molecule has 2 rings (SSSR count). The van der Waals surface area contributed by atoms with Gasteiger partial charge in [-0.2, -0.15) is 5.10 Å². The number of nitrogens with zero attached hydrogens (tertiary/aromatic N) is 5. The highest BCUT2D eigenvalue weighted by atomic mass is 16.2. The minimum Gasteiger partial charge on any atom is -0.376 e. The number of likely N-dealkylation sites (tertiary alicyclic amines) is 1. The Kier molecular flexibility index (Phi) is 6.76. The highest BCUT2D eigenvalue weighted by molar-refractivity contribution is 5.81. The van der Waals surface area contributed by atoms with E-state index in [1.54, 1.807) is 16.0 Å². The topological polar surface area (TPSA) is 78.8 Å². The van der Waals surface area contributed by atoms with Crippen molar-refractivity contribution < 1.29 is 9.59 Å². The maximum Gasteiger partial charge on any atom is 0.269 e. The molecule has 1 aliphatic heterocycles. The summed E-state index contributed by atoms with van der Waals surface area (Å²) in [6, 6.07) is 1.46. The van der Waals surface area contributed by atoms with Crippen molar-refractivity contribution in [3.05, 3.63) is 22.6 Å². The zero-order chi connectivity index (χ0) is 19.3. The van der Waals surface area contributed by atoms with Gasteiger partial charge in [0.1, 0.15) is 6.54 Å². The molecule has 0 saturated carbocycles. The predicted octanol–water partition coefficient (Wildman–Crippen LogP) is 0.416. The van der Waals surface area contributed by atoms with Gasteiger partial charge in [-0.25, -0.2) is 4.68 Å². The lowest BCUT2D eigenvalue weighted by molar-refractivity contribution is -0.141. The number of hydrogen-bond acceptors (Lipinski definition) is 5. The number of anilines is 1. The number of hydrogen-bond donors (Lipinski definition) is 0. The van der Waals surface area contributed by atoms with Crippen molar-refractivity contribution in [2.24, 2.45) is 5.92 Å². The number of carbonyl (C=O) groups excluding carboxylic acids is 2. The summed E-state index contributed by atoms with van der Waals surface area (Å²) in [4.78, 5) is 42.6. The molecule has 2 heterocycles. The summed E-state index contributed by atoms with van der Waals surface area (Å²) < 4.78 is 1.17. The van der Waals surface area contributed by atoms with E-state index in [1.807, 2.05) is 32.8 Å². The molecule has 0 N–H and O–H groups in total. The van der Waals surface area contributed by atoms with E-state index in [0.717, 1.165) is 12.8 Å². The van der Waals surface area contributed by atoms with E-state index in [1.165, 1.54) is 10.7 Å². The highest BCUT2D eigenvalue weighted by Gasteiger charge is 2.30. The first-order chi connectivity index (χ1) is 12.4. The van der Waals surface area contributed by atoms with Gasteiger partial charge in [-0.3, -0.25) is 14.4 Å². The largest absolute Gasteiger partial charge is 0.376 e. The van der Waals surface area contributed by atoms with Crippen LogP contribution >= 0.6 is 0 Å². The van der Waals surface area contributed by atoms with Crippen molar-refractivity contribution in [3.8, 4) is 0 Å². The highest BCUT2D eigenvalue weighted by Crippen LogP contribution is 2.19. The van der Waals surface area contributed by atoms with Crippen LogP contribution in [0.2, 0.25) is 0 Å². The van der Waals surface area contributed by atoms with Gasteiger partial charge in [0.05, 0.1) is 17.8 Å². The third-order valence-corrected chi connectivity index (χ3v) is 4.86. The normalized spacial score (nSPS) is 17.1. The van der Waals surface area contributed by atoms with Gasteiger partial charge in [0.15, 0.2) is 0 Å². The van der Waals surface area contributed by atoms with Crippen LogP contribution in [0, 0.1) is 5.92 Å². The van der Waals surface area contributed by atoms with Crippen molar-refractivity contribution in [1.29, 1.82) is 0 Å². The first kappa shape index (κ1) is 19.9. The Hall–Kier alpha value is -2.38. The molecule has 8 nitrogen and oxygen atoms in total. The van der Waals surface area contributed by atoms with Crippen LogP contribution in [0.25, 0.3) is 0 Å². The average Bonchev–Trinajstić information content (AvgIpc) is 2.64. The van der Waals surface area contributed by atoms with Crippen LogP contribution in [0.15, 0.2) is 17.1 Å². The summed E-state index contributed by atoms with van der Waals surface area (Å²) in [6.45, 7) is 6.21. The number of carbonyl (C=O) groups is 2. The molecule has 1 aromatic heterocycles. The van der Waals surface area contributed by atoms with Gasteiger partial charge < -0.3 is 14.7 Å². The molecule has 1 aromatic rings. The maximum atomic E-state index is 12.6. The molecule has 0 aromatic carbocycles. The van der Waals surface area contributed by atoms with Crippen molar-refractivity contribution in [2.45, 2.75) is 33.2 Å². The zero-order valence-electron chi connectivity index (χ0n) is 16.1. The number of rotatable bonds is 6. The van der Waals surface area contributed by atoms with E-state index in [2.05, 4.69) is 5.10 Å². The fourth-order valence-corrected chi connectivity index (χ4v) is 3.21. The van der Waals surface area contributed by atoms with Crippen LogP contribution in [-0.4, -0.2) is 71.7 Å². The molecule has 1 fully saturated rings. The second-order valence-electron chi connectivity index (χ2n) is 6.79. The van der Waals surface area contributed by atoms with Crippen molar-refractivity contribution in [2.75, 3.05) is 45.2 Å². The van der Waals surface area contributed by atoms with Crippen LogP contribution in [0.1, 0.15) is 26.7 Å². The van der Waals surface area contributed by atoms with Gasteiger partial charge in [-0.15, -0.1) is 0 Å². The fraction of sp³-hybridized carbons (Fsp3) is 0.667. The SMILES string of the molecule is CCN(CC)C(=O)C1CCCN(C(=O)Cn2ncc(N(C)C)cc2=O)C1. The molecule has 1 aliphatic rings. The Morgan fingerprint density at radius 2 is 1.96 bits per heavy atom. The van der Waals surface area contributed by atoms with Crippen molar-refractivity contribution in [1.82, 2.24) is 19.6 Å². The molecule has 1 atom stereocenters. The summed E-state index contributed by atoms with van der Waals surface area (Å²) in [5.74, 6) is -0.222. The molecule has 1 unspecified atom stereocenters. The molecular weight excluding hydrogens is 334 g/mol. The quantitative estimate of drug-likeness (QED) is 0.732. The van der Waals surface area contributed by atoms with Gasteiger partial charge in [0.25, 0.3) is 5.56 Å². The van der Waals surface area contributed by atoms with Crippen LogP contribution in [0.4, 0.5) is 5.69 Å². The Morgan fingerprint density at radius 1 is 1.27 bits per heavy atom. The van der Waals surface area contributed by atoms with E-state index in [9.17, 15) is 14.4 Å². The second-order valence-corrected chi connectivity index (χ2v) is 6.79. The molecule has 0 spiro atoms. The monoisotopic (exact) mass is 363 g/mol. The summed E-state index contributed by atoms with van der Waals surface area (Å²) in [6.07, 6.45) is 3.16. The van der Waals surface area contributed by atoms with Crippen LogP contribution < -0.4 is 10.5 Å². The lowest BCUT2D eigenvalue weighted by atomic mass is 9.96. The predicted molar refractivity (Wildman–Crippen MR) is 100 cm³/mol. The number of aromatic nitrogens is 2. The number of amides is 2. The zero-order valence-corrected chi connectivity index (χ0v) is 16.1. The Morgan fingerprint density at radius 3 is 2.54 bits per heavy atom. The van der Waals surface area contributed by atoms with E-state index in [4.69, 9.17) is 0 Å². The Labute approximate surface area is 154 Å². The van der Waals surface area contributed by atoms with E-state index >= 15 is 0 Å². The van der Waals surface area contributed by atoms with Crippen molar-refractivity contribution >= 4 is 17.5 Å². The average molecular weight is 363 g/mol. The first-order valence-electron chi connectivity index (χ1n) is 9.18. The van der Waals surface area contributed by atoms with Gasteiger partial charge >= 0.3 is 0 Å². The molecule has 0 aliphatic carbocycles. The van der Waals surface area contributed by atoms with E-state index in [-0.39, 0.29) is 29.8 Å². The second kappa shape index (κ2) is 8.82. The fourth-order valence-electron chi connectivity index (χ4n) is 3.21. The van der Waals surface area contributed by atoms with E-state index in [0.29, 0.717) is 31.9 Å². The third kappa shape index (κ3) is 4.62. The lowest BCUT2D eigenvalue weighted by Crippen LogP contribution is -2.48. The summed E-state index contributed by atoms with van der Waals surface area (Å²) >= 11 is 0. The Balaban J connectivity index is 2.03.